The van der Waals surface area contributed by atoms with Crippen LogP contribution < -0.4 is 5.32 Å². The summed E-state index contributed by atoms with van der Waals surface area (Å²) in [5.41, 5.74) is 3.00. The fourth-order valence-electron chi connectivity index (χ4n) is 3.41. The van der Waals surface area contributed by atoms with Crippen LogP contribution in [0.5, 0.6) is 0 Å². The first-order valence-electron chi connectivity index (χ1n) is 9.61. The highest BCUT2D eigenvalue weighted by molar-refractivity contribution is 6.04. The smallest absolute Gasteiger partial charge is 0.276 e. The van der Waals surface area contributed by atoms with E-state index in [2.05, 4.69) is 10.4 Å². The molecule has 3 rings (SSSR count). The minimum atomic E-state index is -0.933. The van der Waals surface area contributed by atoms with Crippen molar-refractivity contribution in [2.75, 3.05) is 33.1 Å². The summed E-state index contributed by atoms with van der Waals surface area (Å²) in [5, 5.41) is 7.07. The van der Waals surface area contributed by atoms with Crippen LogP contribution >= 0.6 is 0 Å². The fourth-order valence-corrected chi connectivity index (χ4v) is 3.41. The van der Waals surface area contributed by atoms with Crippen molar-refractivity contribution in [1.82, 2.24) is 19.6 Å². The van der Waals surface area contributed by atoms with Gasteiger partial charge in [-0.15, -0.1) is 0 Å². The molecule has 2 atom stereocenters. The van der Waals surface area contributed by atoms with Crippen LogP contribution in [0.15, 0.2) is 24.3 Å². The van der Waals surface area contributed by atoms with Crippen LogP contribution in [0.2, 0.25) is 0 Å². The lowest BCUT2D eigenvalue weighted by atomic mass is 9.96. The lowest BCUT2D eigenvalue weighted by Crippen LogP contribution is -2.51. The number of anilines is 1. The Bertz CT molecular complexity index is 980. The van der Waals surface area contributed by atoms with E-state index in [1.807, 2.05) is 31.2 Å². The number of ether oxygens (including phenoxy) is 1. The Balaban J connectivity index is 1.94. The normalized spacial score (nSPS) is 19.0. The van der Waals surface area contributed by atoms with E-state index < -0.39 is 18.1 Å². The molecule has 0 aliphatic carbocycles. The maximum atomic E-state index is 13.2. The molecule has 2 unspecified atom stereocenters. The highest BCUT2D eigenvalue weighted by Gasteiger charge is 2.40. The largest absolute Gasteiger partial charge is 0.356 e. The zero-order chi connectivity index (χ0) is 22.2. The molecule has 160 valence electrons. The summed E-state index contributed by atoms with van der Waals surface area (Å²) in [6, 6.07) is 7.04. The Hall–Kier alpha value is -3.20. The van der Waals surface area contributed by atoms with E-state index in [4.69, 9.17) is 4.74 Å². The lowest BCUT2D eigenvalue weighted by Gasteiger charge is -2.38. The molecule has 1 aliphatic heterocycles. The van der Waals surface area contributed by atoms with Crippen molar-refractivity contribution >= 4 is 23.4 Å². The summed E-state index contributed by atoms with van der Waals surface area (Å²) >= 11 is 0. The number of aryl methyl sites for hydroxylation is 2. The molecular weight excluding hydrogens is 386 g/mol. The van der Waals surface area contributed by atoms with Gasteiger partial charge in [0.2, 0.25) is 5.91 Å². The van der Waals surface area contributed by atoms with E-state index in [9.17, 15) is 14.4 Å². The molecular formula is C21H27N5O4. The van der Waals surface area contributed by atoms with Crippen LogP contribution in [0.4, 0.5) is 5.69 Å². The van der Waals surface area contributed by atoms with E-state index in [-0.39, 0.29) is 24.1 Å². The van der Waals surface area contributed by atoms with Gasteiger partial charge in [-0.2, -0.15) is 5.10 Å². The van der Waals surface area contributed by atoms with Crippen molar-refractivity contribution in [3.05, 3.63) is 46.8 Å². The molecule has 0 spiro atoms. The SMILES string of the molecule is Cc1ccc(C2C(C(=O)Nc3c(C(=O)N(C)C)nn(C)c3C)OCC(=O)N2C)cc1. The van der Waals surface area contributed by atoms with Gasteiger partial charge in [0, 0.05) is 28.2 Å². The average Bonchev–Trinajstić information content (AvgIpc) is 2.98. The highest BCUT2D eigenvalue weighted by atomic mass is 16.5. The van der Waals surface area contributed by atoms with Gasteiger partial charge < -0.3 is 19.9 Å². The Morgan fingerprint density at radius 3 is 2.40 bits per heavy atom. The molecule has 3 amide bonds. The molecule has 1 N–H and O–H groups in total. The Morgan fingerprint density at radius 1 is 1.17 bits per heavy atom. The fraction of sp³-hybridized carbons (Fsp3) is 0.429. The van der Waals surface area contributed by atoms with Gasteiger partial charge in [0.25, 0.3) is 11.8 Å². The van der Waals surface area contributed by atoms with Gasteiger partial charge >= 0.3 is 0 Å². The number of hydrogen-bond acceptors (Lipinski definition) is 5. The van der Waals surface area contributed by atoms with Crippen molar-refractivity contribution in [2.24, 2.45) is 7.05 Å². The van der Waals surface area contributed by atoms with Crippen LogP contribution in [-0.4, -0.2) is 71.2 Å². The van der Waals surface area contributed by atoms with Gasteiger partial charge in [0.1, 0.15) is 6.61 Å². The van der Waals surface area contributed by atoms with Crippen molar-refractivity contribution < 1.29 is 19.1 Å². The van der Waals surface area contributed by atoms with Crippen molar-refractivity contribution in [3.8, 4) is 0 Å². The third-order valence-electron chi connectivity index (χ3n) is 5.35. The molecule has 0 bridgehead atoms. The van der Waals surface area contributed by atoms with E-state index in [0.29, 0.717) is 11.4 Å². The van der Waals surface area contributed by atoms with Crippen molar-refractivity contribution in [1.29, 1.82) is 0 Å². The van der Waals surface area contributed by atoms with E-state index >= 15 is 0 Å². The second kappa shape index (κ2) is 8.27. The lowest BCUT2D eigenvalue weighted by molar-refractivity contribution is -0.160. The first-order chi connectivity index (χ1) is 14.1. The van der Waals surface area contributed by atoms with Crippen LogP contribution in [0.1, 0.15) is 33.4 Å². The summed E-state index contributed by atoms with van der Waals surface area (Å²) in [6.07, 6.45) is -0.933. The third-order valence-corrected chi connectivity index (χ3v) is 5.35. The van der Waals surface area contributed by atoms with Gasteiger partial charge in [-0.3, -0.25) is 19.1 Å². The van der Waals surface area contributed by atoms with Crippen LogP contribution in [0.3, 0.4) is 0 Å². The second-order valence-electron chi connectivity index (χ2n) is 7.71. The first-order valence-corrected chi connectivity index (χ1v) is 9.61. The summed E-state index contributed by atoms with van der Waals surface area (Å²) < 4.78 is 7.20. The molecule has 2 aromatic rings. The number of likely N-dealkylation sites (N-methyl/N-ethyl adjacent to an activating group) is 1. The maximum absolute atomic E-state index is 13.2. The predicted molar refractivity (Wildman–Crippen MR) is 111 cm³/mol. The molecule has 0 saturated carbocycles. The van der Waals surface area contributed by atoms with E-state index in [1.165, 1.54) is 9.80 Å². The molecule has 30 heavy (non-hydrogen) atoms. The van der Waals surface area contributed by atoms with Crippen LogP contribution in [0, 0.1) is 13.8 Å². The standard InChI is InChI=1S/C21H27N5O4/c1-12-7-9-14(10-8-12)18-19(30-11-15(27)25(18)5)20(28)22-16-13(2)26(6)23-17(16)21(29)24(3)4/h7-10,18-19H,11H2,1-6H3,(H,22,28). The molecule has 1 saturated heterocycles. The van der Waals surface area contributed by atoms with Crippen molar-refractivity contribution in [3.63, 3.8) is 0 Å². The molecule has 1 aliphatic rings. The maximum Gasteiger partial charge on any atom is 0.276 e. The number of hydrogen-bond donors (Lipinski definition) is 1. The molecule has 0 radical (unpaired) electrons. The molecule has 9 nitrogen and oxygen atoms in total. The summed E-state index contributed by atoms with van der Waals surface area (Å²) in [4.78, 5) is 40.9. The second-order valence-corrected chi connectivity index (χ2v) is 7.71. The van der Waals surface area contributed by atoms with Gasteiger partial charge in [0.05, 0.1) is 17.4 Å². The Kier molecular flexibility index (Phi) is 5.93. The predicted octanol–water partition coefficient (Wildman–Crippen LogP) is 1.28. The topological polar surface area (TPSA) is 96.8 Å². The number of nitrogens with zero attached hydrogens (tertiary/aromatic N) is 4. The number of benzene rings is 1. The monoisotopic (exact) mass is 413 g/mol. The van der Waals surface area contributed by atoms with Gasteiger partial charge in [0.15, 0.2) is 11.8 Å². The van der Waals surface area contributed by atoms with Crippen LogP contribution in [-0.2, 0) is 21.4 Å². The molecule has 2 heterocycles. The number of morpholine rings is 1. The average molecular weight is 413 g/mol. The number of carbonyl (C=O) groups is 3. The minimum Gasteiger partial charge on any atom is -0.356 e. The van der Waals surface area contributed by atoms with Crippen molar-refractivity contribution in [2.45, 2.75) is 26.0 Å². The Morgan fingerprint density at radius 2 is 1.80 bits per heavy atom. The number of carbonyl (C=O) groups excluding carboxylic acids is 3. The summed E-state index contributed by atoms with van der Waals surface area (Å²) in [6.45, 7) is 3.55. The zero-order valence-electron chi connectivity index (χ0n) is 18.1. The molecule has 9 heteroatoms. The zero-order valence-corrected chi connectivity index (χ0v) is 18.1. The quantitative estimate of drug-likeness (QED) is 0.814. The summed E-state index contributed by atoms with van der Waals surface area (Å²) in [5.74, 6) is -0.963. The van der Waals surface area contributed by atoms with E-state index in [0.717, 1.165) is 11.1 Å². The summed E-state index contributed by atoms with van der Waals surface area (Å²) in [7, 11) is 6.61. The highest BCUT2D eigenvalue weighted by Crippen LogP contribution is 2.31. The number of nitrogens with one attached hydrogen (secondary N) is 1. The van der Waals surface area contributed by atoms with E-state index in [1.54, 1.807) is 39.8 Å². The van der Waals surface area contributed by atoms with Gasteiger partial charge in [-0.1, -0.05) is 29.8 Å². The van der Waals surface area contributed by atoms with Gasteiger partial charge in [-0.25, -0.2) is 0 Å². The molecule has 1 aromatic heterocycles. The molecule has 1 aromatic carbocycles. The third kappa shape index (κ3) is 3.93. The number of amides is 3. The van der Waals surface area contributed by atoms with Gasteiger partial charge in [-0.05, 0) is 19.4 Å². The number of rotatable bonds is 4. The first kappa shape index (κ1) is 21.5. The van der Waals surface area contributed by atoms with Crippen LogP contribution in [0.25, 0.3) is 0 Å². The number of aromatic nitrogens is 2. The minimum absolute atomic E-state index is 0.153. The Labute approximate surface area is 175 Å². The molecule has 1 fully saturated rings.